The van der Waals surface area contributed by atoms with Gasteiger partial charge in [0.1, 0.15) is 5.15 Å². The largest absolute Gasteiger partial charge is 0.232 e. The number of nitrogens with zero attached hydrogens (tertiary/aromatic N) is 2. The molecule has 19 heavy (non-hydrogen) atoms. The molecule has 0 saturated carbocycles. The van der Waals surface area contributed by atoms with Crippen LogP contribution in [0.25, 0.3) is 11.4 Å². The lowest BCUT2D eigenvalue weighted by molar-refractivity contribution is 0.632. The molecule has 1 aromatic heterocycles. The van der Waals surface area contributed by atoms with Gasteiger partial charge in [-0.25, -0.2) is 9.97 Å². The average Bonchev–Trinajstić information content (AvgIpc) is 2.35. The van der Waals surface area contributed by atoms with Crippen molar-refractivity contribution < 1.29 is 0 Å². The Morgan fingerprint density at radius 1 is 1.21 bits per heavy atom. The number of benzene rings is 1. The summed E-state index contributed by atoms with van der Waals surface area (Å²) in [6.45, 7) is 4.34. The molecule has 0 aliphatic rings. The van der Waals surface area contributed by atoms with Crippen molar-refractivity contribution in [2.24, 2.45) is 5.92 Å². The van der Waals surface area contributed by atoms with E-state index in [0.717, 1.165) is 25.7 Å². The van der Waals surface area contributed by atoms with Crippen LogP contribution in [0.15, 0.2) is 28.7 Å². The van der Waals surface area contributed by atoms with Crippen molar-refractivity contribution in [2.45, 2.75) is 20.3 Å². The SMILES string of the molecule is CC(C)Cc1nc(-c2ccc(Br)cc2)nc(Cl)c1I. The smallest absolute Gasteiger partial charge is 0.161 e. The van der Waals surface area contributed by atoms with Crippen LogP contribution in [-0.4, -0.2) is 9.97 Å². The Kier molecular flexibility index (Phi) is 5.20. The summed E-state index contributed by atoms with van der Waals surface area (Å²) in [5, 5.41) is 0.532. The molecule has 1 aromatic carbocycles. The first-order valence-corrected chi connectivity index (χ1v) is 8.20. The molecule has 0 saturated heterocycles. The maximum atomic E-state index is 6.22. The fourth-order valence-electron chi connectivity index (χ4n) is 1.71. The summed E-state index contributed by atoms with van der Waals surface area (Å²) in [5.74, 6) is 1.23. The zero-order valence-electron chi connectivity index (χ0n) is 10.6. The van der Waals surface area contributed by atoms with Gasteiger partial charge in [0.15, 0.2) is 5.82 Å². The van der Waals surface area contributed by atoms with Gasteiger partial charge >= 0.3 is 0 Å². The molecule has 0 N–H and O–H groups in total. The average molecular weight is 452 g/mol. The van der Waals surface area contributed by atoms with Crippen molar-refractivity contribution in [3.8, 4) is 11.4 Å². The van der Waals surface area contributed by atoms with Crippen LogP contribution in [-0.2, 0) is 6.42 Å². The minimum Gasteiger partial charge on any atom is -0.232 e. The maximum Gasteiger partial charge on any atom is 0.161 e. The second-order valence-electron chi connectivity index (χ2n) is 4.70. The van der Waals surface area contributed by atoms with Crippen LogP contribution in [0.4, 0.5) is 0 Å². The van der Waals surface area contributed by atoms with Crippen molar-refractivity contribution in [1.29, 1.82) is 0 Å². The number of hydrogen-bond donors (Lipinski definition) is 0. The van der Waals surface area contributed by atoms with Gasteiger partial charge < -0.3 is 0 Å². The van der Waals surface area contributed by atoms with Crippen LogP contribution in [0, 0.1) is 9.49 Å². The van der Waals surface area contributed by atoms with Gasteiger partial charge in [0.2, 0.25) is 0 Å². The third kappa shape index (κ3) is 3.89. The van der Waals surface area contributed by atoms with Gasteiger partial charge in [0.25, 0.3) is 0 Å². The molecule has 0 atom stereocenters. The van der Waals surface area contributed by atoms with Crippen LogP contribution in [0.5, 0.6) is 0 Å². The molecule has 5 heteroatoms. The van der Waals surface area contributed by atoms with Crippen LogP contribution in [0.3, 0.4) is 0 Å². The molecule has 2 aromatic rings. The summed E-state index contributed by atoms with van der Waals surface area (Å²) >= 11 is 11.9. The quantitative estimate of drug-likeness (QED) is 0.464. The van der Waals surface area contributed by atoms with Crippen LogP contribution >= 0.6 is 50.1 Å². The maximum absolute atomic E-state index is 6.22. The molecule has 0 spiro atoms. The number of rotatable bonds is 3. The lowest BCUT2D eigenvalue weighted by atomic mass is 10.1. The highest BCUT2D eigenvalue weighted by Gasteiger charge is 2.13. The van der Waals surface area contributed by atoms with Gasteiger partial charge in [-0.1, -0.05) is 53.5 Å². The van der Waals surface area contributed by atoms with E-state index in [4.69, 9.17) is 11.6 Å². The molecule has 0 fully saturated rings. The van der Waals surface area contributed by atoms with Crippen molar-refractivity contribution in [2.75, 3.05) is 0 Å². The molecule has 0 amide bonds. The predicted octanol–water partition coefficient (Wildman–Crippen LogP) is 5.36. The highest BCUT2D eigenvalue weighted by Crippen LogP contribution is 2.26. The first-order valence-electron chi connectivity index (χ1n) is 5.95. The molecule has 0 unspecified atom stereocenters. The fraction of sp³-hybridized carbons (Fsp3) is 0.286. The molecule has 2 nitrogen and oxygen atoms in total. The second kappa shape index (κ2) is 6.50. The van der Waals surface area contributed by atoms with E-state index < -0.39 is 0 Å². The molecule has 0 aliphatic heterocycles. The number of aromatic nitrogens is 2. The zero-order valence-corrected chi connectivity index (χ0v) is 15.1. The van der Waals surface area contributed by atoms with E-state index in [-0.39, 0.29) is 0 Å². The minimum absolute atomic E-state index is 0.532. The van der Waals surface area contributed by atoms with E-state index in [1.165, 1.54) is 0 Å². The van der Waals surface area contributed by atoms with Crippen LogP contribution in [0.2, 0.25) is 5.15 Å². The molecule has 0 bridgehead atoms. The Morgan fingerprint density at radius 3 is 2.42 bits per heavy atom. The molecule has 0 radical (unpaired) electrons. The van der Waals surface area contributed by atoms with E-state index in [9.17, 15) is 0 Å². The van der Waals surface area contributed by atoms with E-state index in [1.807, 2.05) is 24.3 Å². The van der Waals surface area contributed by atoms with Gasteiger partial charge in [-0.3, -0.25) is 0 Å². The fourth-order valence-corrected chi connectivity index (χ4v) is 2.63. The predicted molar refractivity (Wildman–Crippen MR) is 91.4 cm³/mol. The van der Waals surface area contributed by atoms with E-state index in [2.05, 4.69) is 62.3 Å². The van der Waals surface area contributed by atoms with Gasteiger partial charge in [0.05, 0.1) is 9.26 Å². The Labute approximate surface area is 140 Å². The normalized spacial score (nSPS) is 11.1. The third-order valence-corrected chi connectivity index (χ3v) is 4.84. The molecule has 2 rings (SSSR count). The molecule has 0 aliphatic carbocycles. The Bertz CT molecular complexity index is 585. The highest BCUT2D eigenvalue weighted by atomic mass is 127. The van der Waals surface area contributed by atoms with Crippen molar-refractivity contribution in [1.82, 2.24) is 9.97 Å². The summed E-state index contributed by atoms with van der Waals surface area (Å²) in [6, 6.07) is 7.93. The van der Waals surface area contributed by atoms with E-state index in [1.54, 1.807) is 0 Å². The molecule has 1 heterocycles. The van der Waals surface area contributed by atoms with E-state index in [0.29, 0.717) is 16.9 Å². The molecular weight excluding hydrogens is 438 g/mol. The standard InChI is InChI=1S/C14H13BrClIN2/c1-8(2)7-11-12(17)13(16)19-14(18-11)9-3-5-10(15)6-4-9/h3-6,8H,7H2,1-2H3. The van der Waals surface area contributed by atoms with Gasteiger partial charge in [0, 0.05) is 10.0 Å². The highest BCUT2D eigenvalue weighted by molar-refractivity contribution is 14.1. The van der Waals surface area contributed by atoms with Gasteiger partial charge in [-0.05, 0) is 47.1 Å². The van der Waals surface area contributed by atoms with Crippen LogP contribution in [0.1, 0.15) is 19.5 Å². The minimum atomic E-state index is 0.532. The monoisotopic (exact) mass is 450 g/mol. The summed E-state index contributed by atoms with van der Waals surface area (Å²) in [6.07, 6.45) is 0.907. The summed E-state index contributed by atoms with van der Waals surface area (Å²) < 4.78 is 1.99. The molecule has 100 valence electrons. The van der Waals surface area contributed by atoms with Crippen LogP contribution < -0.4 is 0 Å². The third-order valence-electron chi connectivity index (χ3n) is 2.58. The Hall–Kier alpha value is -0.200. The summed E-state index contributed by atoms with van der Waals surface area (Å²) in [5.41, 5.74) is 2.00. The van der Waals surface area contributed by atoms with Crippen molar-refractivity contribution in [3.63, 3.8) is 0 Å². The first-order chi connectivity index (χ1) is 8.97. The lowest BCUT2D eigenvalue weighted by Crippen LogP contribution is -2.04. The molecular formula is C14H13BrClIN2. The Balaban J connectivity index is 2.46. The summed E-state index contributed by atoms with van der Waals surface area (Å²) in [4.78, 5) is 9.03. The van der Waals surface area contributed by atoms with Crippen molar-refractivity contribution in [3.05, 3.63) is 43.2 Å². The number of halogens is 3. The topological polar surface area (TPSA) is 25.8 Å². The van der Waals surface area contributed by atoms with Gasteiger partial charge in [-0.2, -0.15) is 0 Å². The van der Waals surface area contributed by atoms with Gasteiger partial charge in [-0.15, -0.1) is 0 Å². The zero-order chi connectivity index (χ0) is 14.0. The Morgan fingerprint density at radius 2 is 1.84 bits per heavy atom. The van der Waals surface area contributed by atoms with E-state index >= 15 is 0 Å². The summed E-state index contributed by atoms with van der Waals surface area (Å²) in [7, 11) is 0. The first kappa shape index (κ1) is 15.2. The van der Waals surface area contributed by atoms with Crippen molar-refractivity contribution >= 4 is 50.1 Å². The lowest BCUT2D eigenvalue weighted by Gasteiger charge is -2.10. The number of hydrogen-bond acceptors (Lipinski definition) is 2. The second-order valence-corrected chi connectivity index (χ2v) is 7.06.